The Labute approximate surface area is 123 Å². The Bertz CT molecular complexity index is 609. The second-order valence-corrected chi connectivity index (χ2v) is 5.42. The zero-order chi connectivity index (χ0) is 14.7. The van der Waals surface area contributed by atoms with Gasteiger partial charge in [0.2, 0.25) is 0 Å². The number of amides is 1. The third-order valence-electron chi connectivity index (χ3n) is 3.95. The molecule has 2 N–H and O–H groups in total. The lowest BCUT2D eigenvalue weighted by Gasteiger charge is -2.28. The third kappa shape index (κ3) is 2.97. The van der Waals surface area contributed by atoms with Crippen LogP contribution in [0.4, 0.5) is 0 Å². The van der Waals surface area contributed by atoms with Gasteiger partial charge in [0.1, 0.15) is 5.69 Å². The molecule has 1 amide bonds. The highest BCUT2D eigenvalue weighted by Gasteiger charge is 2.26. The van der Waals surface area contributed by atoms with E-state index in [0.29, 0.717) is 5.69 Å². The van der Waals surface area contributed by atoms with Gasteiger partial charge in [0.15, 0.2) is 0 Å². The number of nitrogens with zero attached hydrogens (tertiary/aromatic N) is 2. The Morgan fingerprint density at radius 2 is 2.00 bits per heavy atom. The molecule has 5 heteroatoms. The SMILES string of the molecule is O=C(NC1CCCCC1O)c1cncn1-c1ccccc1. The molecule has 0 radical (unpaired) electrons. The molecule has 1 aliphatic rings. The minimum atomic E-state index is -0.448. The number of carbonyl (C=O) groups excluding carboxylic acids is 1. The average Bonchev–Trinajstić information content (AvgIpc) is 3.00. The van der Waals surface area contributed by atoms with Crippen LogP contribution in [0.15, 0.2) is 42.9 Å². The van der Waals surface area contributed by atoms with Crippen LogP contribution >= 0.6 is 0 Å². The van der Waals surface area contributed by atoms with Gasteiger partial charge >= 0.3 is 0 Å². The fourth-order valence-corrected chi connectivity index (χ4v) is 2.78. The van der Waals surface area contributed by atoms with Crippen molar-refractivity contribution in [1.82, 2.24) is 14.9 Å². The standard InChI is InChI=1S/C16H19N3O2/c20-15-9-5-4-8-13(15)18-16(21)14-10-17-11-19(14)12-6-2-1-3-7-12/h1-3,6-7,10-11,13,15,20H,4-5,8-9H2,(H,18,21). The van der Waals surface area contributed by atoms with E-state index in [1.807, 2.05) is 30.3 Å². The number of hydrogen-bond acceptors (Lipinski definition) is 3. The molecule has 1 aliphatic carbocycles. The molecule has 1 saturated carbocycles. The molecule has 3 rings (SSSR count). The summed E-state index contributed by atoms with van der Waals surface area (Å²) in [6, 6.07) is 9.45. The molecule has 0 aliphatic heterocycles. The van der Waals surface area contributed by atoms with Gasteiger partial charge in [0, 0.05) is 5.69 Å². The lowest BCUT2D eigenvalue weighted by Crippen LogP contribution is -2.45. The first kappa shape index (κ1) is 13.8. The van der Waals surface area contributed by atoms with E-state index in [-0.39, 0.29) is 11.9 Å². The Hall–Kier alpha value is -2.14. The normalized spacial score (nSPS) is 22.0. The van der Waals surface area contributed by atoms with Gasteiger partial charge in [-0.25, -0.2) is 4.98 Å². The van der Waals surface area contributed by atoms with Crippen LogP contribution in [0.1, 0.15) is 36.2 Å². The van der Waals surface area contributed by atoms with Gasteiger partial charge in [-0.1, -0.05) is 31.0 Å². The number of para-hydroxylation sites is 1. The number of aromatic nitrogens is 2. The molecule has 21 heavy (non-hydrogen) atoms. The Kier molecular flexibility index (Phi) is 4.01. The summed E-state index contributed by atoms with van der Waals surface area (Å²) in [4.78, 5) is 16.5. The van der Waals surface area contributed by atoms with Crippen LogP contribution in [0.3, 0.4) is 0 Å². The topological polar surface area (TPSA) is 67.2 Å². The number of aliphatic hydroxyl groups is 1. The number of benzene rings is 1. The Balaban J connectivity index is 1.78. The van der Waals surface area contributed by atoms with Crippen molar-refractivity contribution in [1.29, 1.82) is 0 Å². The molecule has 0 spiro atoms. The molecule has 0 saturated heterocycles. The van der Waals surface area contributed by atoms with Crippen LogP contribution in [0.2, 0.25) is 0 Å². The van der Waals surface area contributed by atoms with E-state index in [0.717, 1.165) is 31.4 Å². The molecule has 2 aromatic rings. The summed E-state index contributed by atoms with van der Waals surface area (Å²) in [6.07, 6.45) is 6.37. The molecule has 2 unspecified atom stereocenters. The van der Waals surface area contributed by atoms with Crippen molar-refractivity contribution in [2.24, 2.45) is 0 Å². The Morgan fingerprint density at radius 1 is 1.24 bits per heavy atom. The maximum Gasteiger partial charge on any atom is 0.270 e. The maximum atomic E-state index is 12.4. The van der Waals surface area contributed by atoms with E-state index in [1.165, 1.54) is 0 Å². The number of hydrogen-bond donors (Lipinski definition) is 2. The van der Waals surface area contributed by atoms with E-state index < -0.39 is 6.10 Å². The minimum absolute atomic E-state index is 0.162. The maximum absolute atomic E-state index is 12.4. The van der Waals surface area contributed by atoms with E-state index in [9.17, 15) is 9.90 Å². The predicted octanol–water partition coefficient (Wildman–Crippen LogP) is 1.91. The zero-order valence-electron chi connectivity index (χ0n) is 11.8. The van der Waals surface area contributed by atoms with Gasteiger partial charge in [-0.2, -0.15) is 0 Å². The first-order valence-corrected chi connectivity index (χ1v) is 7.32. The van der Waals surface area contributed by atoms with Crippen molar-refractivity contribution in [3.05, 3.63) is 48.5 Å². The third-order valence-corrected chi connectivity index (χ3v) is 3.95. The van der Waals surface area contributed by atoms with Crippen molar-refractivity contribution < 1.29 is 9.90 Å². The average molecular weight is 285 g/mol. The molecule has 5 nitrogen and oxygen atoms in total. The van der Waals surface area contributed by atoms with Crippen molar-refractivity contribution >= 4 is 5.91 Å². The molecule has 1 aromatic carbocycles. The monoisotopic (exact) mass is 285 g/mol. The van der Waals surface area contributed by atoms with Gasteiger partial charge < -0.3 is 10.4 Å². The number of carbonyl (C=O) groups is 1. The largest absolute Gasteiger partial charge is 0.391 e. The molecule has 1 fully saturated rings. The van der Waals surface area contributed by atoms with Crippen LogP contribution in [-0.4, -0.2) is 32.7 Å². The summed E-state index contributed by atoms with van der Waals surface area (Å²) in [7, 11) is 0. The number of aliphatic hydroxyl groups excluding tert-OH is 1. The molecular formula is C16H19N3O2. The first-order valence-electron chi connectivity index (χ1n) is 7.32. The van der Waals surface area contributed by atoms with Gasteiger partial charge in [-0.3, -0.25) is 9.36 Å². The second kappa shape index (κ2) is 6.10. The smallest absolute Gasteiger partial charge is 0.270 e. The fourth-order valence-electron chi connectivity index (χ4n) is 2.78. The zero-order valence-corrected chi connectivity index (χ0v) is 11.8. The van der Waals surface area contributed by atoms with E-state index >= 15 is 0 Å². The van der Waals surface area contributed by atoms with E-state index in [4.69, 9.17) is 0 Å². The fraction of sp³-hybridized carbons (Fsp3) is 0.375. The van der Waals surface area contributed by atoms with Gasteiger partial charge in [0.25, 0.3) is 5.91 Å². The Morgan fingerprint density at radius 3 is 2.76 bits per heavy atom. The molecule has 1 aromatic heterocycles. The van der Waals surface area contributed by atoms with Crippen molar-refractivity contribution in [3.63, 3.8) is 0 Å². The summed E-state index contributed by atoms with van der Waals surface area (Å²) in [6.45, 7) is 0. The molecule has 1 heterocycles. The van der Waals surface area contributed by atoms with Gasteiger partial charge in [-0.05, 0) is 25.0 Å². The van der Waals surface area contributed by atoms with E-state index in [2.05, 4.69) is 10.3 Å². The first-order chi connectivity index (χ1) is 10.3. The highest BCUT2D eigenvalue weighted by Crippen LogP contribution is 2.19. The predicted molar refractivity (Wildman–Crippen MR) is 79.3 cm³/mol. The number of imidazole rings is 1. The van der Waals surface area contributed by atoms with Crippen LogP contribution in [0.25, 0.3) is 5.69 Å². The number of rotatable bonds is 3. The highest BCUT2D eigenvalue weighted by atomic mass is 16.3. The van der Waals surface area contributed by atoms with Gasteiger partial charge in [0.05, 0.1) is 24.7 Å². The van der Waals surface area contributed by atoms with Crippen molar-refractivity contribution in [2.45, 2.75) is 37.8 Å². The highest BCUT2D eigenvalue weighted by molar-refractivity contribution is 5.93. The summed E-state index contributed by atoms with van der Waals surface area (Å²) < 4.78 is 1.75. The van der Waals surface area contributed by atoms with Crippen molar-refractivity contribution in [2.75, 3.05) is 0 Å². The lowest BCUT2D eigenvalue weighted by molar-refractivity contribution is 0.0712. The molecule has 0 bridgehead atoms. The van der Waals surface area contributed by atoms with Crippen LogP contribution in [0, 0.1) is 0 Å². The molecule has 110 valence electrons. The quantitative estimate of drug-likeness (QED) is 0.905. The summed E-state index contributed by atoms with van der Waals surface area (Å²) in [5.41, 5.74) is 1.38. The molecular weight excluding hydrogens is 266 g/mol. The van der Waals surface area contributed by atoms with Crippen LogP contribution < -0.4 is 5.32 Å². The second-order valence-electron chi connectivity index (χ2n) is 5.42. The van der Waals surface area contributed by atoms with Crippen molar-refractivity contribution in [3.8, 4) is 5.69 Å². The summed E-state index contributed by atoms with van der Waals surface area (Å²) in [5.74, 6) is -0.192. The minimum Gasteiger partial charge on any atom is -0.391 e. The van der Waals surface area contributed by atoms with Gasteiger partial charge in [-0.15, -0.1) is 0 Å². The number of nitrogens with one attached hydrogen (secondary N) is 1. The molecule has 2 atom stereocenters. The summed E-state index contributed by atoms with van der Waals surface area (Å²) >= 11 is 0. The van der Waals surface area contributed by atoms with E-state index in [1.54, 1.807) is 17.1 Å². The van der Waals surface area contributed by atoms with Crippen LogP contribution in [-0.2, 0) is 0 Å². The summed E-state index contributed by atoms with van der Waals surface area (Å²) in [5, 5.41) is 12.9. The lowest BCUT2D eigenvalue weighted by atomic mass is 9.92. The van der Waals surface area contributed by atoms with Crippen LogP contribution in [0.5, 0.6) is 0 Å².